The summed E-state index contributed by atoms with van der Waals surface area (Å²) in [7, 11) is 6.28. The molecule has 0 N–H and O–H groups in total. The number of aromatic nitrogens is 2. The monoisotopic (exact) mass is 532 g/mol. The standard InChI is InChI=1S/C30H36N4O5/c1-7-8-13-26-25(27(35)34(20(2)28(36)38-5)30(32-26)31-19-33(3)4)18-21-14-16-22(17-15-21)23-11-9-10-12-24(23)29(37)39-6/h9-12,14-17,19-20H,7-8,13,18H2,1-6H3/b31-19+. The molecule has 0 aliphatic carbocycles. The van der Waals surface area contributed by atoms with E-state index in [1.807, 2.05) is 50.5 Å². The van der Waals surface area contributed by atoms with E-state index >= 15 is 0 Å². The Balaban J connectivity index is 2.09. The fraction of sp³-hybridized carbons (Fsp3) is 0.367. The molecule has 0 spiro atoms. The first-order valence-corrected chi connectivity index (χ1v) is 12.9. The molecule has 0 aliphatic heterocycles. The van der Waals surface area contributed by atoms with Gasteiger partial charge in [-0.1, -0.05) is 55.8 Å². The molecule has 3 rings (SSSR count). The number of ether oxygens (including phenoxy) is 2. The Morgan fingerprint density at radius 1 is 1.08 bits per heavy atom. The van der Waals surface area contributed by atoms with Crippen molar-refractivity contribution >= 4 is 24.2 Å². The summed E-state index contributed by atoms with van der Waals surface area (Å²) in [6.07, 6.45) is 4.29. The number of carbonyl (C=O) groups is 2. The highest BCUT2D eigenvalue weighted by atomic mass is 16.5. The molecule has 0 amide bonds. The van der Waals surface area contributed by atoms with Crippen molar-refractivity contribution in [3.8, 4) is 11.1 Å². The molecule has 0 radical (unpaired) electrons. The highest BCUT2D eigenvalue weighted by Gasteiger charge is 2.25. The van der Waals surface area contributed by atoms with Gasteiger partial charge in [0.15, 0.2) is 0 Å². The first-order valence-electron chi connectivity index (χ1n) is 12.9. The van der Waals surface area contributed by atoms with Crippen molar-refractivity contribution < 1.29 is 19.1 Å². The van der Waals surface area contributed by atoms with Gasteiger partial charge in [-0.05, 0) is 42.5 Å². The van der Waals surface area contributed by atoms with Crippen molar-refractivity contribution in [1.29, 1.82) is 0 Å². The molecule has 9 nitrogen and oxygen atoms in total. The average molecular weight is 533 g/mol. The number of aliphatic imine (C=N–C) groups is 1. The summed E-state index contributed by atoms with van der Waals surface area (Å²) in [5, 5.41) is 0. The Morgan fingerprint density at radius 2 is 1.77 bits per heavy atom. The maximum absolute atomic E-state index is 13.9. The molecule has 1 atom stereocenters. The number of unbranched alkanes of at least 4 members (excludes halogenated alkanes) is 1. The zero-order chi connectivity index (χ0) is 28.5. The molecule has 1 aromatic heterocycles. The predicted molar refractivity (Wildman–Crippen MR) is 152 cm³/mol. The quantitative estimate of drug-likeness (QED) is 0.202. The van der Waals surface area contributed by atoms with Gasteiger partial charge in [0.25, 0.3) is 5.56 Å². The second-order valence-corrected chi connectivity index (χ2v) is 9.43. The van der Waals surface area contributed by atoms with Crippen molar-refractivity contribution in [2.45, 2.75) is 45.6 Å². The first kappa shape index (κ1) is 29.3. The van der Waals surface area contributed by atoms with Gasteiger partial charge in [0.05, 0.1) is 31.8 Å². The van der Waals surface area contributed by atoms with Crippen LogP contribution in [0.5, 0.6) is 0 Å². The van der Waals surface area contributed by atoms with E-state index in [9.17, 15) is 14.4 Å². The highest BCUT2D eigenvalue weighted by Crippen LogP contribution is 2.26. The van der Waals surface area contributed by atoms with E-state index in [2.05, 4.69) is 11.9 Å². The van der Waals surface area contributed by atoms with E-state index in [1.54, 1.807) is 30.3 Å². The van der Waals surface area contributed by atoms with Gasteiger partial charge in [-0.25, -0.2) is 19.6 Å². The minimum absolute atomic E-state index is 0.163. The Morgan fingerprint density at radius 3 is 2.38 bits per heavy atom. The first-order chi connectivity index (χ1) is 18.7. The lowest BCUT2D eigenvalue weighted by molar-refractivity contribution is -0.144. The minimum atomic E-state index is -0.902. The Labute approximate surface area is 229 Å². The van der Waals surface area contributed by atoms with Crippen LogP contribution < -0.4 is 5.56 Å². The molecule has 1 heterocycles. The summed E-state index contributed by atoms with van der Waals surface area (Å²) < 4.78 is 11.2. The van der Waals surface area contributed by atoms with Crippen LogP contribution in [0.3, 0.4) is 0 Å². The van der Waals surface area contributed by atoms with Gasteiger partial charge in [0.2, 0.25) is 5.95 Å². The Bertz CT molecular complexity index is 1390. The summed E-state index contributed by atoms with van der Waals surface area (Å²) in [5.41, 5.74) is 3.86. The third kappa shape index (κ3) is 6.98. The van der Waals surface area contributed by atoms with Gasteiger partial charge in [0.1, 0.15) is 6.04 Å². The molecule has 9 heteroatoms. The number of rotatable bonds is 11. The number of nitrogens with zero attached hydrogens (tertiary/aromatic N) is 4. The number of aryl methyl sites for hydroxylation is 1. The number of methoxy groups -OCH3 is 2. The zero-order valence-corrected chi connectivity index (χ0v) is 23.4. The largest absolute Gasteiger partial charge is 0.467 e. The molecular formula is C30H36N4O5. The van der Waals surface area contributed by atoms with Crippen molar-refractivity contribution in [2.75, 3.05) is 28.3 Å². The molecule has 0 fully saturated rings. The predicted octanol–water partition coefficient (Wildman–Crippen LogP) is 4.59. The van der Waals surface area contributed by atoms with E-state index in [4.69, 9.17) is 14.5 Å². The van der Waals surface area contributed by atoms with Gasteiger partial charge < -0.3 is 14.4 Å². The van der Waals surface area contributed by atoms with Crippen LogP contribution >= 0.6 is 0 Å². The van der Waals surface area contributed by atoms with E-state index in [0.717, 1.165) is 29.5 Å². The summed E-state index contributed by atoms with van der Waals surface area (Å²) in [6.45, 7) is 3.68. The molecule has 2 aromatic carbocycles. The van der Waals surface area contributed by atoms with Crippen LogP contribution in [-0.2, 0) is 27.1 Å². The molecular weight excluding hydrogens is 496 g/mol. The Kier molecular flexibility index (Phi) is 10.1. The fourth-order valence-electron chi connectivity index (χ4n) is 4.24. The molecule has 3 aromatic rings. The average Bonchev–Trinajstić information content (AvgIpc) is 2.95. The maximum Gasteiger partial charge on any atom is 0.338 e. The number of hydrogen-bond acceptors (Lipinski definition) is 7. The van der Waals surface area contributed by atoms with Crippen LogP contribution in [0.4, 0.5) is 5.95 Å². The molecule has 1 unspecified atom stereocenters. The lowest BCUT2D eigenvalue weighted by atomic mass is 9.96. The molecule has 0 saturated carbocycles. The lowest BCUT2D eigenvalue weighted by Gasteiger charge is -2.19. The van der Waals surface area contributed by atoms with E-state index < -0.39 is 18.0 Å². The van der Waals surface area contributed by atoms with Crippen LogP contribution in [0, 0.1) is 0 Å². The summed E-state index contributed by atoms with van der Waals surface area (Å²) >= 11 is 0. The lowest BCUT2D eigenvalue weighted by Crippen LogP contribution is -2.33. The second-order valence-electron chi connectivity index (χ2n) is 9.43. The third-order valence-corrected chi connectivity index (χ3v) is 6.35. The Hall–Kier alpha value is -4.27. The van der Waals surface area contributed by atoms with Gasteiger partial charge in [-0.3, -0.25) is 9.36 Å². The molecule has 206 valence electrons. The highest BCUT2D eigenvalue weighted by molar-refractivity contribution is 5.97. The number of carbonyl (C=O) groups excluding carboxylic acids is 2. The number of esters is 2. The maximum atomic E-state index is 13.9. The van der Waals surface area contributed by atoms with Gasteiger partial charge in [0, 0.05) is 26.1 Å². The molecule has 0 saturated heterocycles. The second kappa shape index (κ2) is 13.5. The molecule has 39 heavy (non-hydrogen) atoms. The van der Waals surface area contributed by atoms with Crippen LogP contribution in [0.15, 0.2) is 58.3 Å². The zero-order valence-electron chi connectivity index (χ0n) is 23.4. The summed E-state index contributed by atoms with van der Waals surface area (Å²) in [5.74, 6) is -0.795. The number of hydrogen-bond donors (Lipinski definition) is 0. The van der Waals surface area contributed by atoms with Crippen LogP contribution in [0.2, 0.25) is 0 Å². The van der Waals surface area contributed by atoms with E-state index in [0.29, 0.717) is 29.7 Å². The van der Waals surface area contributed by atoms with Crippen LogP contribution in [0.25, 0.3) is 11.1 Å². The minimum Gasteiger partial charge on any atom is -0.467 e. The molecule has 0 aliphatic rings. The van der Waals surface area contributed by atoms with Crippen molar-refractivity contribution in [1.82, 2.24) is 14.5 Å². The van der Waals surface area contributed by atoms with Crippen molar-refractivity contribution in [3.05, 3.63) is 81.3 Å². The number of benzene rings is 2. The molecule has 0 bridgehead atoms. The van der Waals surface area contributed by atoms with Crippen molar-refractivity contribution in [3.63, 3.8) is 0 Å². The van der Waals surface area contributed by atoms with Crippen LogP contribution in [0.1, 0.15) is 59.9 Å². The van der Waals surface area contributed by atoms with Gasteiger partial charge in [-0.15, -0.1) is 0 Å². The summed E-state index contributed by atoms with van der Waals surface area (Å²) in [4.78, 5) is 49.5. The smallest absolute Gasteiger partial charge is 0.338 e. The van der Waals surface area contributed by atoms with Crippen LogP contribution in [-0.4, -0.2) is 61.0 Å². The normalized spacial score (nSPS) is 11.8. The SMILES string of the molecule is CCCCc1nc(/N=C/N(C)C)n(C(C)C(=O)OC)c(=O)c1Cc1ccc(-c2ccccc2C(=O)OC)cc1. The van der Waals surface area contributed by atoms with E-state index in [-0.39, 0.29) is 11.5 Å². The van der Waals surface area contributed by atoms with Crippen molar-refractivity contribution in [2.24, 2.45) is 4.99 Å². The van der Waals surface area contributed by atoms with Gasteiger partial charge in [-0.2, -0.15) is 0 Å². The summed E-state index contributed by atoms with van der Waals surface area (Å²) in [6, 6.07) is 14.1. The van der Waals surface area contributed by atoms with Gasteiger partial charge >= 0.3 is 11.9 Å². The third-order valence-electron chi connectivity index (χ3n) is 6.35. The fourth-order valence-corrected chi connectivity index (χ4v) is 4.24. The van der Waals surface area contributed by atoms with E-state index in [1.165, 1.54) is 18.8 Å². The topological polar surface area (TPSA) is 103 Å².